The van der Waals surface area contributed by atoms with E-state index in [1.807, 2.05) is 25.1 Å². The first kappa shape index (κ1) is 23.5. The summed E-state index contributed by atoms with van der Waals surface area (Å²) in [4.78, 5) is 25.6. The molecule has 0 aliphatic carbocycles. The monoisotopic (exact) mass is 472 g/mol. The molecule has 0 bridgehead atoms. The molecule has 0 aliphatic rings. The number of pyridine rings is 2. The molecule has 6 radical (unpaired) electrons. The molecule has 4 heterocycles. The minimum atomic E-state index is -1.84. The molecule has 36 heavy (non-hydrogen) atoms. The molecule has 8 nitrogen and oxygen atoms in total. The quantitative estimate of drug-likeness (QED) is 0.395. The normalized spacial score (nSPS) is 11.6. The van der Waals surface area contributed by atoms with Crippen LogP contribution in [0.25, 0.3) is 28.0 Å². The summed E-state index contributed by atoms with van der Waals surface area (Å²) in [6.45, 7) is 3.51. The number of hydrogen-bond donors (Lipinski definition) is 1. The highest BCUT2D eigenvalue weighted by Crippen LogP contribution is 2.26. The molecule has 5 aromatic rings. The number of hydrogen-bond acceptors (Lipinski definition) is 6. The Morgan fingerprint density at radius 2 is 1.94 bits per heavy atom. The minimum absolute atomic E-state index is 0.112. The number of nitrogens with one attached hydrogen (secondary N) is 1. The second-order valence-corrected chi connectivity index (χ2v) is 8.37. The molecule has 0 saturated carbocycles. The largest absolute Gasteiger partial charge is 0.437 e. The summed E-state index contributed by atoms with van der Waals surface area (Å²) >= 11 is 0. The van der Waals surface area contributed by atoms with Crippen molar-refractivity contribution >= 4 is 46.2 Å². The van der Waals surface area contributed by atoms with Gasteiger partial charge in [-0.05, 0) is 49.7 Å². The van der Waals surface area contributed by atoms with Crippen molar-refractivity contribution in [3.05, 3.63) is 83.7 Å². The highest BCUT2D eigenvalue weighted by atomic mass is 19.1. The third-order valence-corrected chi connectivity index (χ3v) is 5.47. The summed E-state index contributed by atoms with van der Waals surface area (Å²) in [6, 6.07) is 9.78. The fraction of sp³-hybridized carbons (Fsp3) is 0.125. The van der Waals surface area contributed by atoms with E-state index in [1.165, 1.54) is 22.9 Å². The van der Waals surface area contributed by atoms with Crippen LogP contribution in [-0.2, 0) is 5.11 Å². The number of carbonyl (C=O) groups excluding carboxylic acids is 1. The van der Waals surface area contributed by atoms with Crippen LogP contribution in [0.2, 0.25) is 0 Å². The van der Waals surface area contributed by atoms with Crippen LogP contribution in [0.3, 0.4) is 0 Å². The first-order chi connectivity index (χ1) is 17.1. The Kier molecular flexibility index (Phi) is 5.74. The standard InChI is InChI=1S/C24H16B3FN6O2/c1-12-4-3-7-29-19(12)14-8-15-11-34(33-21(15)30-10-14)18-9-16(5-6-17(18)28)32-22(35)20-13(2)31-23(36-20)24(25,26)27/h3-11H,1-2H3,(H,32,35). The van der Waals surface area contributed by atoms with Crippen LogP contribution in [-0.4, -0.2) is 54.2 Å². The molecule has 0 spiro atoms. The molecule has 12 heteroatoms. The second-order valence-electron chi connectivity index (χ2n) is 8.37. The number of benzene rings is 1. The summed E-state index contributed by atoms with van der Waals surface area (Å²) in [5, 5.41) is 5.89. The van der Waals surface area contributed by atoms with Gasteiger partial charge in [0.15, 0.2) is 11.5 Å². The molecule has 170 valence electrons. The van der Waals surface area contributed by atoms with Crippen molar-refractivity contribution in [2.75, 3.05) is 5.32 Å². The average molecular weight is 472 g/mol. The molecule has 0 atom stereocenters. The maximum absolute atomic E-state index is 14.8. The third-order valence-electron chi connectivity index (χ3n) is 5.47. The van der Waals surface area contributed by atoms with Crippen LogP contribution in [0.1, 0.15) is 27.7 Å². The molecule has 1 N–H and O–H groups in total. The number of aromatic nitrogens is 5. The van der Waals surface area contributed by atoms with Crippen LogP contribution in [0, 0.1) is 19.7 Å². The summed E-state index contributed by atoms with van der Waals surface area (Å²) in [5.74, 6) is -1.48. The fourth-order valence-corrected chi connectivity index (χ4v) is 3.70. The molecule has 4 aromatic heterocycles. The fourth-order valence-electron chi connectivity index (χ4n) is 3.70. The van der Waals surface area contributed by atoms with Gasteiger partial charge in [0.2, 0.25) is 5.76 Å². The van der Waals surface area contributed by atoms with Gasteiger partial charge in [0, 0.05) is 35.2 Å². The Hall–Kier alpha value is -4.21. The van der Waals surface area contributed by atoms with Gasteiger partial charge in [-0.2, -0.15) is 0 Å². The van der Waals surface area contributed by atoms with Gasteiger partial charge in [-0.25, -0.2) is 19.0 Å². The van der Waals surface area contributed by atoms with Gasteiger partial charge in [0.25, 0.3) is 5.91 Å². The number of anilines is 1. The number of rotatable bonds is 5. The summed E-state index contributed by atoms with van der Waals surface area (Å²) in [6.07, 6.45) is 5.05. The lowest BCUT2D eigenvalue weighted by Gasteiger charge is -2.13. The lowest BCUT2D eigenvalue weighted by molar-refractivity contribution is 0.0994. The van der Waals surface area contributed by atoms with E-state index in [-0.39, 0.29) is 23.0 Å². The predicted molar refractivity (Wildman–Crippen MR) is 135 cm³/mol. The molecule has 0 unspecified atom stereocenters. The Bertz CT molecular complexity index is 1630. The maximum atomic E-state index is 14.8. The number of oxazole rings is 1. The van der Waals surface area contributed by atoms with Crippen molar-refractivity contribution in [1.82, 2.24) is 24.7 Å². The Balaban J connectivity index is 1.45. The van der Waals surface area contributed by atoms with Gasteiger partial charge in [-0.15, -0.1) is 5.10 Å². The van der Waals surface area contributed by atoms with Crippen molar-refractivity contribution in [2.24, 2.45) is 0 Å². The van der Waals surface area contributed by atoms with Crippen molar-refractivity contribution in [2.45, 2.75) is 19.0 Å². The minimum Gasteiger partial charge on any atom is -0.437 e. The van der Waals surface area contributed by atoms with E-state index >= 15 is 0 Å². The molecule has 0 saturated heterocycles. The molecule has 1 aromatic carbocycles. The van der Waals surface area contributed by atoms with Gasteiger partial charge in [0.05, 0.1) is 34.9 Å². The first-order valence-corrected chi connectivity index (χ1v) is 10.8. The predicted octanol–water partition coefficient (Wildman–Crippen LogP) is 3.09. The Morgan fingerprint density at radius 1 is 1.14 bits per heavy atom. The Labute approximate surface area is 209 Å². The Morgan fingerprint density at radius 3 is 2.67 bits per heavy atom. The summed E-state index contributed by atoms with van der Waals surface area (Å²) in [7, 11) is 16.7. The van der Waals surface area contributed by atoms with E-state index < -0.39 is 16.8 Å². The topological polar surface area (TPSA) is 98.7 Å². The highest BCUT2D eigenvalue weighted by molar-refractivity contribution is 6.58. The lowest BCUT2D eigenvalue weighted by Crippen LogP contribution is -2.27. The SMILES string of the molecule is [B]C([B])([B])c1nc(C)c(C(=O)Nc2ccc(F)c(-n3cc4cc(-c5ncccc5C)cnc4n3)c2)o1. The van der Waals surface area contributed by atoms with E-state index in [2.05, 4.69) is 25.4 Å². The van der Waals surface area contributed by atoms with Crippen LogP contribution in [0.4, 0.5) is 10.1 Å². The van der Waals surface area contributed by atoms with Gasteiger partial charge >= 0.3 is 0 Å². The molecule has 1 amide bonds. The van der Waals surface area contributed by atoms with Crippen molar-refractivity contribution < 1.29 is 13.6 Å². The van der Waals surface area contributed by atoms with E-state index in [0.29, 0.717) is 16.7 Å². The smallest absolute Gasteiger partial charge is 0.293 e. The van der Waals surface area contributed by atoms with E-state index in [1.54, 1.807) is 25.5 Å². The molecule has 0 aliphatic heterocycles. The van der Waals surface area contributed by atoms with Crippen LogP contribution < -0.4 is 5.32 Å². The van der Waals surface area contributed by atoms with Crippen molar-refractivity contribution in [3.8, 4) is 16.9 Å². The van der Waals surface area contributed by atoms with Crippen LogP contribution in [0.5, 0.6) is 0 Å². The third kappa shape index (κ3) is 4.42. The number of fused-ring (bicyclic) bond motifs is 1. The molecule has 0 fully saturated rings. The van der Waals surface area contributed by atoms with Gasteiger partial charge in [-0.3, -0.25) is 9.78 Å². The van der Waals surface area contributed by atoms with Crippen molar-refractivity contribution in [3.63, 3.8) is 0 Å². The molecular formula is C24H16B3FN6O2. The van der Waals surface area contributed by atoms with E-state index in [0.717, 1.165) is 16.8 Å². The lowest BCUT2D eigenvalue weighted by atomic mass is 9.42. The van der Waals surface area contributed by atoms with Crippen LogP contribution in [0.15, 0.2) is 59.4 Å². The number of amides is 1. The van der Waals surface area contributed by atoms with E-state index in [4.69, 9.17) is 28.0 Å². The molecular weight excluding hydrogens is 456 g/mol. The second kappa shape index (κ2) is 8.78. The number of carbonyl (C=O) groups is 1. The zero-order valence-corrected chi connectivity index (χ0v) is 19.4. The number of halogens is 1. The summed E-state index contributed by atoms with van der Waals surface area (Å²) < 4.78 is 21.5. The number of nitrogens with zero attached hydrogens (tertiary/aromatic N) is 5. The van der Waals surface area contributed by atoms with Crippen LogP contribution >= 0.6 is 0 Å². The number of aryl methyl sites for hydroxylation is 2. The zero-order valence-electron chi connectivity index (χ0n) is 19.4. The highest BCUT2D eigenvalue weighted by Gasteiger charge is 2.24. The maximum Gasteiger partial charge on any atom is 0.293 e. The first-order valence-electron chi connectivity index (χ1n) is 10.8. The van der Waals surface area contributed by atoms with E-state index in [9.17, 15) is 9.18 Å². The van der Waals surface area contributed by atoms with Gasteiger partial charge in [0.1, 0.15) is 11.5 Å². The van der Waals surface area contributed by atoms with Gasteiger partial charge in [-0.1, -0.05) is 11.2 Å². The van der Waals surface area contributed by atoms with Gasteiger partial charge < -0.3 is 9.73 Å². The molecule has 5 rings (SSSR count). The average Bonchev–Trinajstić information content (AvgIpc) is 3.43. The van der Waals surface area contributed by atoms with Crippen molar-refractivity contribution in [1.29, 1.82) is 0 Å². The summed E-state index contributed by atoms with van der Waals surface area (Å²) in [5.41, 5.74) is 3.72. The zero-order chi connectivity index (χ0) is 25.6.